The van der Waals surface area contributed by atoms with E-state index >= 15 is 0 Å². The number of methoxy groups -OCH3 is 2. The van der Waals surface area contributed by atoms with Gasteiger partial charge >= 0.3 is 5.69 Å². The van der Waals surface area contributed by atoms with Crippen LogP contribution >= 0.6 is 0 Å². The van der Waals surface area contributed by atoms with Crippen LogP contribution in [0.3, 0.4) is 0 Å². The van der Waals surface area contributed by atoms with Gasteiger partial charge in [-0.1, -0.05) is 6.07 Å². The number of nitrogens with two attached hydrogens (primary N) is 2. The van der Waals surface area contributed by atoms with Gasteiger partial charge in [-0.25, -0.2) is 4.98 Å². The first-order valence-corrected chi connectivity index (χ1v) is 6.23. The number of ether oxygens (including phenoxy) is 2. The smallest absolute Gasteiger partial charge is 0.332 e. The summed E-state index contributed by atoms with van der Waals surface area (Å²) >= 11 is 0. The number of nitro groups is 1. The molecule has 4 N–H and O–H groups in total. The Hall–Kier alpha value is -3.10. The lowest BCUT2D eigenvalue weighted by Crippen LogP contribution is -2.09. The van der Waals surface area contributed by atoms with Crippen molar-refractivity contribution in [1.29, 1.82) is 0 Å². The Bertz CT molecular complexity index is 720. The number of benzene rings is 1. The van der Waals surface area contributed by atoms with Gasteiger partial charge in [0.2, 0.25) is 11.8 Å². The molecular formula is C13H15N5O4. The molecule has 0 spiro atoms. The van der Waals surface area contributed by atoms with E-state index in [1.807, 2.05) is 0 Å². The minimum atomic E-state index is -0.625. The number of hydrogen-bond donors (Lipinski definition) is 2. The van der Waals surface area contributed by atoms with Crippen molar-refractivity contribution in [2.24, 2.45) is 0 Å². The highest BCUT2D eigenvalue weighted by atomic mass is 16.6. The molecule has 1 aromatic carbocycles. The molecule has 9 nitrogen and oxygen atoms in total. The van der Waals surface area contributed by atoms with E-state index in [4.69, 9.17) is 20.9 Å². The molecule has 0 bridgehead atoms. The van der Waals surface area contributed by atoms with Crippen LogP contribution in [-0.4, -0.2) is 29.1 Å². The zero-order chi connectivity index (χ0) is 16.3. The Morgan fingerprint density at radius 1 is 1.23 bits per heavy atom. The Morgan fingerprint density at radius 2 is 1.95 bits per heavy atom. The summed E-state index contributed by atoms with van der Waals surface area (Å²) in [5.41, 5.74) is 11.5. The van der Waals surface area contributed by atoms with Crippen LogP contribution < -0.4 is 20.9 Å². The van der Waals surface area contributed by atoms with Gasteiger partial charge in [0.15, 0.2) is 0 Å². The van der Waals surface area contributed by atoms with Crippen molar-refractivity contribution >= 4 is 17.5 Å². The normalized spacial score (nSPS) is 10.3. The molecule has 0 aliphatic heterocycles. The van der Waals surface area contributed by atoms with Gasteiger partial charge in [-0.15, -0.1) is 0 Å². The molecular weight excluding hydrogens is 290 g/mol. The molecule has 0 amide bonds. The summed E-state index contributed by atoms with van der Waals surface area (Å²) < 4.78 is 10.4. The zero-order valence-electron chi connectivity index (χ0n) is 12.1. The van der Waals surface area contributed by atoms with Crippen LogP contribution in [0.4, 0.5) is 17.5 Å². The molecule has 2 rings (SSSR count). The standard InChI is InChI=1S/C13H15N5O4/c1-21-8-4-3-7(10(6-8)22-2)5-9-11(18(19)20)12(14)17-13(15)16-9/h3-4,6H,5H2,1-2H3,(H4,14,15,16,17). The lowest BCUT2D eigenvalue weighted by Gasteiger charge is -2.11. The monoisotopic (exact) mass is 305 g/mol. The molecule has 0 fully saturated rings. The van der Waals surface area contributed by atoms with Crippen LogP contribution in [0.1, 0.15) is 11.3 Å². The second-order valence-electron chi connectivity index (χ2n) is 4.37. The Kier molecular flexibility index (Phi) is 4.25. The third-order valence-corrected chi connectivity index (χ3v) is 3.04. The second kappa shape index (κ2) is 6.12. The van der Waals surface area contributed by atoms with E-state index in [1.54, 1.807) is 18.2 Å². The van der Waals surface area contributed by atoms with Crippen molar-refractivity contribution in [2.75, 3.05) is 25.7 Å². The summed E-state index contributed by atoms with van der Waals surface area (Å²) in [5, 5.41) is 11.2. The maximum atomic E-state index is 11.2. The molecule has 2 aromatic rings. The molecule has 0 radical (unpaired) electrons. The SMILES string of the molecule is COc1ccc(Cc2nc(N)nc(N)c2[N+](=O)[O-])c(OC)c1. The first-order chi connectivity index (χ1) is 10.5. The average Bonchev–Trinajstić information content (AvgIpc) is 2.46. The minimum absolute atomic E-state index is 0.120. The maximum absolute atomic E-state index is 11.2. The van der Waals surface area contributed by atoms with Crippen molar-refractivity contribution in [1.82, 2.24) is 9.97 Å². The molecule has 0 unspecified atom stereocenters. The van der Waals surface area contributed by atoms with Crippen LogP contribution in [0.25, 0.3) is 0 Å². The molecule has 116 valence electrons. The Labute approximate surface area is 126 Å². The molecule has 22 heavy (non-hydrogen) atoms. The van der Waals surface area contributed by atoms with Crippen molar-refractivity contribution in [3.05, 3.63) is 39.6 Å². The van der Waals surface area contributed by atoms with E-state index in [1.165, 1.54) is 14.2 Å². The van der Waals surface area contributed by atoms with E-state index in [9.17, 15) is 10.1 Å². The highest BCUT2D eigenvalue weighted by Crippen LogP contribution is 2.30. The van der Waals surface area contributed by atoms with Crippen LogP contribution in [0.15, 0.2) is 18.2 Å². The molecule has 0 saturated heterocycles. The van der Waals surface area contributed by atoms with Crippen molar-refractivity contribution < 1.29 is 14.4 Å². The summed E-state index contributed by atoms with van der Waals surface area (Å²) in [4.78, 5) is 18.1. The lowest BCUT2D eigenvalue weighted by atomic mass is 10.1. The van der Waals surface area contributed by atoms with Gasteiger partial charge in [0.25, 0.3) is 0 Å². The number of nitrogen functional groups attached to an aromatic ring is 2. The van der Waals surface area contributed by atoms with Gasteiger partial charge in [0.1, 0.15) is 17.2 Å². The largest absolute Gasteiger partial charge is 0.497 e. The zero-order valence-corrected chi connectivity index (χ0v) is 12.1. The molecule has 0 atom stereocenters. The third-order valence-electron chi connectivity index (χ3n) is 3.04. The summed E-state index contributed by atoms with van der Waals surface area (Å²) in [6, 6.07) is 5.13. The van der Waals surface area contributed by atoms with E-state index in [2.05, 4.69) is 9.97 Å². The summed E-state index contributed by atoms with van der Waals surface area (Å²) in [7, 11) is 3.03. The second-order valence-corrected chi connectivity index (χ2v) is 4.37. The quantitative estimate of drug-likeness (QED) is 0.619. The van der Waals surface area contributed by atoms with Crippen molar-refractivity contribution in [3.8, 4) is 11.5 Å². The molecule has 1 heterocycles. The Balaban J connectivity index is 2.49. The maximum Gasteiger partial charge on any atom is 0.332 e. The topological polar surface area (TPSA) is 139 Å². The fourth-order valence-corrected chi connectivity index (χ4v) is 2.04. The summed E-state index contributed by atoms with van der Waals surface area (Å²) in [6.45, 7) is 0. The van der Waals surface area contributed by atoms with E-state index in [-0.39, 0.29) is 29.6 Å². The number of nitrogens with zero attached hydrogens (tertiary/aromatic N) is 3. The van der Waals surface area contributed by atoms with Gasteiger partial charge in [-0.2, -0.15) is 4.98 Å². The van der Waals surface area contributed by atoms with Crippen molar-refractivity contribution in [3.63, 3.8) is 0 Å². The van der Waals surface area contributed by atoms with E-state index < -0.39 is 4.92 Å². The lowest BCUT2D eigenvalue weighted by molar-refractivity contribution is -0.385. The number of rotatable bonds is 5. The third kappa shape index (κ3) is 2.97. The fraction of sp³-hybridized carbons (Fsp3) is 0.231. The van der Waals surface area contributed by atoms with Gasteiger partial charge < -0.3 is 20.9 Å². The first-order valence-electron chi connectivity index (χ1n) is 6.23. The molecule has 9 heteroatoms. The van der Waals surface area contributed by atoms with Gasteiger partial charge in [-0.3, -0.25) is 10.1 Å². The van der Waals surface area contributed by atoms with Gasteiger partial charge in [-0.05, 0) is 6.07 Å². The number of hydrogen-bond acceptors (Lipinski definition) is 8. The first kappa shape index (κ1) is 15.3. The number of aromatic nitrogens is 2. The molecule has 0 aliphatic rings. The van der Waals surface area contributed by atoms with Gasteiger partial charge in [0.05, 0.1) is 19.1 Å². The van der Waals surface area contributed by atoms with Crippen molar-refractivity contribution in [2.45, 2.75) is 6.42 Å². The minimum Gasteiger partial charge on any atom is -0.497 e. The van der Waals surface area contributed by atoms with Gasteiger partial charge in [0, 0.05) is 18.1 Å². The van der Waals surface area contributed by atoms with E-state index in [0.717, 1.165) is 0 Å². The van der Waals surface area contributed by atoms with Crippen LogP contribution in [0.5, 0.6) is 11.5 Å². The fourth-order valence-electron chi connectivity index (χ4n) is 2.04. The molecule has 0 saturated carbocycles. The average molecular weight is 305 g/mol. The predicted octanol–water partition coefficient (Wildman–Crippen LogP) is 1.16. The summed E-state index contributed by atoms with van der Waals surface area (Å²) in [6.07, 6.45) is 0.125. The van der Waals surface area contributed by atoms with Crippen LogP contribution in [0, 0.1) is 10.1 Å². The van der Waals surface area contributed by atoms with Crippen LogP contribution in [0.2, 0.25) is 0 Å². The highest BCUT2D eigenvalue weighted by Gasteiger charge is 2.23. The van der Waals surface area contributed by atoms with Crippen LogP contribution in [-0.2, 0) is 6.42 Å². The molecule has 0 aliphatic carbocycles. The predicted molar refractivity (Wildman–Crippen MR) is 79.9 cm³/mol. The summed E-state index contributed by atoms with van der Waals surface area (Å²) in [5.74, 6) is 0.742. The van der Waals surface area contributed by atoms with E-state index in [0.29, 0.717) is 17.1 Å². The molecule has 1 aromatic heterocycles. The Morgan fingerprint density at radius 3 is 2.55 bits per heavy atom. The highest BCUT2D eigenvalue weighted by molar-refractivity contribution is 5.59. The number of anilines is 2.